The van der Waals surface area contributed by atoms with Gasteiger partial charge >= 0.3 is 0 Å². The number of piperidine rings is 3. The van der Waals surface area contributed by atoms with E-state index in [1.165, 1.54) is 0 Å². The van der Waals surface area contributed by atoms with Crippen molar-refractivity contribution in [1.29, 1.82) is 0 Å². The number of rotatable bonds is 4. The van der Waals surface area contributed by atoms with E-state index in [-0.39, 0.29) is 10.3 Å². The SMILES string of the molecule is O=S(=O)(OCC12CC[NH+](CC1)CC2)c1ccccc1.[O-][Cl+3]([O-])([O-])[O-]. The molecule has 2 bridgehead atoms. The average Bonchev–Trinajstić information content (AvgIpc) is 2.54. The average molecular weight is 382 g/mol. The van der Waals surface area contributed by atoms with E-state index in [4.69, 9.17) is 22.8 Å². The lowest BCUT2D eigenvalue weighted by Crippen LogP contribution is -3.15. The Hall–Kier alpha value is -0.780. The fourth-order valence-corrected chi connectivity index (χ4v) is 4.18. The predicted molar refractivity (Wildman–Crippen MR) is 71.4 cm³/mol. The van der Waals surface area contributed by atoms with Crippen molar-refractivity contribution in [2.75, 3.05) is 26.2 Å². The lowest BCUT2D eigenvalue weighted by Gasteiger charge is -2.45. The summed E-state index contributed by atoms with van der Waals surface area (Å²) in [6.07, 6.45) is 3.27. The Morgan fingerprint density at radius 1 is 1.00 bits per heavy atom. The molecule has 0 unspecified atom stereocenters. The van der Waals surface area contributed by atoms with Gasteiger partial charge in [0.1, 0.15) is 0 Å². The third kappa shape index (κ3) is 5.94. The largest absolute Gasteiger partial charge is 0.335 e. The maximum absolute atomic E-state index is 12.1. The minimum absolute atomic E-state index is 0.101. The van der Waals surface area contributed by atoms with Gasteiger partial charge in [0, 0.05) is 24.7 Å². The van der Waals surface area contributed by atoms with E-state index >= 15 is 0 Å². The maximum atomic E-state index is 12.1. The van der Waals surface area contributed by atoms with Crippen LogP contribution in [0, 0.1) is 15.7 Å². The van der Waals surface area contributed by atoms with E-state index in [0.717, 1.165) is 38.9 Å². The van der Waals surface area contributed by atoms with Crippen LogP contribution in [0.1, 0.15) is 19.3 Å². The minimum Gasteiger partial charge on any atom is -0.335 e. The summed E-state index contributed by atoms with van der Waals surface area (Å²) in [4.78, 5) is 1.91. The van der Waals surface area contributed by atoms with E-state index in [0.29, 0.717) is 6.61 Å². The molecule has 3 fully saturated rings. The van der Waals surface area contributed by atoms with Crippen LogP contribution >= 0.6 is 0 Å². The summed E-state index contributed by atoms with van der Waals surface area (Å²) in [5.74, 6) is 0. The standard InChI is InChI=1S/C14H19NO3S.ClHO4/c16-19(17,13-4-2-1-3-5-13)18-12-14-6-9-15(10-7-14)11-8-14;2-1(3,4)5/h1-5H,6-12H2;(H,2,3,4,5). The molecule has 0 aromatic heterocycles. The highest BCUT2D eigenvalue weighted by atomic mass is 35.7. The van der Waals surface area contributed by atoms with Crippen molar-refractivity contribution in [1.82, 2.24) is 0 Å². The van der Waals surface area contributed by atoms with Gasteiger partial charge in [-0.05, 0) is 12.1 Å². The highest BCUT2D eigenvalue weighted by Gasteiger charge is 2.43. The normalized spacial score (nSPS) is 26.6. The number of halogens is 1. The molecule has 1 N–H and O–H groups in total. The first-order valence-electron chi connectivity index (χ1n) is 7.50. The first-order chi connectivity index (χ1) is 11.1. The van der Waals surface area contributed by atoms with Crippen molar-refractivity contribution in [2.45, 2.75) is 24.2 Å². The van der Waals surface area contributed by atoms with Gasteiger partial charge in [0.25, 0.3) is 10.1 Å². The highest BCUT2D eigenvalue weighted by Crippen LogP contribution is 2.35. The zero-order valence-corrected chi connectivity index (χ0v) is 14.6. The molecule has 1 aromatic carbocycles. The minimum atomic E-state index is -4.94. The number of benzene rings is 1. The maximum Gasteiger partial charge on any atom is 0.296 e. The summed E-state index contributed by atoms with van der Waals surface area (Å²) >= 11 is 0. The highest BCUT2D eigenvalue weighted by molar-refractivity contribution is 7.86. The summed E-state index contributed by atoms with van der Waals surface area (Å²) in [5, 5.41) is 0. The second kappa shape index (κ2) is 7.63. The molecule has 0 aliphatic carbocycles. The van der Waals surface area contributed by atoms with Crippen molar-refractivity contribution >= 4 is 10.1 Å². The summed E-state index contributed by atoms with van der Waals surface area (Å²) < 4.78 is 63.5. The second-order valence-corrected chi connectivity index (χ2v) is 8.53. The lowest BCUT2D eigenvalue weighted by molar-refractivity contribution is -2.00. The van der Waals surface area contributed by atoms with Gasteiger partial charge < -0.3 is 4.90 Å². The number of hydrogen-bond donors (Lipinski definition) is 1. The summed E-state index contributed by atoms with van der Waals surface area (Å²) in [7, 11) is -8.54. The van der Waals surface area contributed by atoms with Crippen LogP contribution < -0.4 is 23.5 Å². The molecule has 0 amide bonds. The molecule has 3 aliphatic heterocycles. The molecule has 8 nitrogen and oxygen atoms in total. The van der Waals surface area contributed by atoms with E-state index in [1.54, 1.807) is 35.2 Å². The summed E-state index contributed by atoms with van der Waals surface area (Å²) in [6, 6.07) is 8.41. The predicted octanol–water partition coefficient (Wildman–Crippen LogP) is -4.30. The van der Waals surface area contributed by atoms with Crippen LogP contribution in [-0.4, -0.2) is 34.7 Å². The zero-order valence-electron chi connectivity index (χ0n) is 13.0. The number of hydrogen-bond acceptors (Lipinski definition) is 7. The molecule has 3 saturated heterocycles. The lowest BCUT2D eigenvalue weighted by atomic mass is 9.73. The third-order valence-electron chi connectivity index (χ3n) is 4.58. The first kappa shape index (κ1) is 19.5. The van der Waals surface area contributed by atoms with Crippen LogP contribution in [-0.2, 0) is 14.3 Å². The molecule has 0 spiro atoms. The quantitative estimate of drug-likeness (QED) is 0.520. The van der Waals surface area contributed by atoms with E-state index < -0.39 is 20.4 Å². The molecule has 24 heavy (non-hydrogen) atoms. The molecule has 4 rings (SSSR count). The Kier molecular flexibility index (Phi) is 6.21. The Balaban J connectivity index is 0.000000368. The zero-order chi connectivity index (χ0) is 17.8. The number of nitrogens with one attached hydrogen (secondary N) is 1. The second-order valence-electron chi connectivity index (χ2n) is 6.16. The van der Waals surface area contributed by atoms with Gasteiger partial charge in [-0.25, -0.2) is 18.6 Å². The fourth-order valence-electron chi connectivity index (χ4n) is 3.15. The summed E-state index contributed by atoms with van der Waals surface area (Å²) in [6.45, 7) is 3.83. The molecular formula is C14H20ClNO7S. The van der Waals surface area contributed by atoms with Gasteiger partial charge in [-0.1, -0.05) is 18.2 Å². The van der Waals surface area contributed by atoms with Gasteiger partial charge in [-0.2, -0.15) is 8.42 Å². The van der Waals surface area contributed by atoms with Crippen LogP contribution in [0.25, 0.3) is 0 Å². The van der Waals surface area contributed by atoms with E-state index in [9.17, 15) is 8.42 Å². The van der Waals surface area contributed by atoms with Crippen molar-refractivity contribution in [3.63, 3.8) is 0 Å². The van der Waals surface area contributed by atoms with Crippen molar-refractivity contribution in [3.05, 3.63) is 30.3 Å². The third-order valence-corrected chi connectivity index (χ3v) is 5.86. The first-order valence-corrected chi connectivity index (χ1v) is 10.1. The van der Waals surface area contributed by atoms with Gasteiger partial charge in [-0.3, -0.25) is 4.18 Å². The Labute approximate surface area is 143 Å². The molecule has 1 aromatic rings. The fraction of sp³-hybridized carbons (Fsp3) is 0.571. The topological polar surface area (TPSA) is 140 Å². The monoisotopic (exact) mass is 381 g/mol. The molecule has 136 valence electrons. The van der Waals surface area contributed by atoms with Crippen LogP contribution in [0.15, 0.2) is 35.2 Å². The molecular weight excluding hydrogens is 362 g/mol. The Morgan fingerprint density at radius 3 is 1.92 bits per heavy atom. The van der Waals surface area contributed by atoms with Gasteiger partial charge in [0.15, 0.2) is 0 Å². The van der Waals surface area contributed by atoms with Crippen LogP contribution in [0.5, 0.6) is 0 Å². The van der Waals surface area contributed by atoms with Crippen molar-refractivity contribution in [2.24, 2.45) is 5.41 Å². The van der Waals surface area contributed by atoms with Crippen molar-refractivity contribution < 1.29 is 46.4 Å². The Morgan fingerprint density at radius 2 is 1.46 bits per heavy atom. The van der Waals surface area contributed by atoms with E-state index in [2.05, 4.69) is 0 Å². The van der Waals surface area contributed by atoms with Crippen molar-refractivity contribution in [3.8, 4) is 0 Å². The van der Waals surface area contributed by atoms with Gasteiger partial charge in [-0.15, -0.1) is 10.2 Å². The molecule has 0 radical (unpaired) electrons. The van der Waals surface area contributed by atoms with Gasteiger partial charge in [0.05, 0.1) is 31.1 Å². The molecule has 0 atom stereocenters. The van der Waals surface area contributed by atoms with E-state index in [1.807, 2.05) is 0 Å². The molecule has 3 heterocycles. The van der Waals surface area contributed by atoms with Crippen LogP contribution in [0.3, 0.4) is 0 Å². The van der Waals surface area contributed by atoms with Crippen LogP contribution in [0.2, 0.25) is 0 Å². The van der Waals surface area contributed by atoms with Gasteiger partial charge in [0.2, 0.25) is 0 Å². The summed E-state index contributed by atoms with van der Waals surface area (Å²) in [5.41, 5.74) is 0.101. The molecule has 0 saturated carbocycles. The smallest absolute Gasteiger partial charge is 0.296 e. The molecule has 3 aliphatic rings. The number of fused-ring (bicyclic) bond motifs is 3. The Bertz CT molecular complexity index is 604. The number of quaternary nitrogens is 1. The molecule has 10 heteroatoms. The van der Waals surface area contributed by atoms with Crippen LogP contribution in [0.4, 0.5) is 0 Å².